The zero-order valence-electron chi connectivity index (χ0n) is 11.9. The normalized spacial score (nSPS) is 13.8. The lowest BCUT2D eigenvalue weighted by Crippen LogP contribution is -1.96. The Morgan fingerprint density at radius 2 is 1.95 bits per heavy atom. The van der Waals surface area contributed by atoms with Gasteiger partial charge in [-0.05, 0) is 50.1 Å². The Morgan fingerprint density at radius 3 is 2.42 bits per heavy atom. The summed E-state index contributed by atoms with van der Waals surface area (Å²) in [4.78, 5) is 0. The largest absolute Gasteiger partial charge is 0.489 e. The number of nitrogens with zero attached hydrogens (tertiary/aromatic N) is 1. The summed E-state index contributed by atoms with van der Waals surface area (Å²) in [7, 11) is 0. The van der Waals surface area contributed by atoms with Crippen molar-refractivity contribution in [3.05, 3.63) is 72.1 Å². The Kier molecular flexibility index (Phi) is 8.57. The van der Waals surface area contributed by atoms with Crippen LogP contribution < -0.4 is 0 Å². The molecule has 0 unspecified atom stereocenters. The first-order valence-electron chi connectivity index (χ1n) is 6.07. The van der Waals surface area contributed by atoms with Gasteiger partial charge in [0.1, 0.15) is 12.4 Å². The van der Waals surface area contributed by atoms with Crippen LogP contribution in [-0.4, -0.2) is 6.61 Å². The van der Waals surface area contributed by atoms with Crippen LogP contribution in [0.1, 0.15) is 20.8 Å². The molecule has 0 bridgehead atoms. The van der Waals surface area contributed by atoms with Gasteiger partial charge in [-0.2, -0.15) is 5.26 Å². The van der Waals surface area contributed by atoms with Crippen molar-refractivity contribution in [1.29, 1.82) is 5.26 Å². The fraction of sp³-hybridized carbons (Fsp3) is 0.235. The summed E-state index contributed by atoms with van der Waals surface area (Å²) in [6.07, 6.45) is 10.9. The summed E-state index contributed by atoms with van der Waals surface area (Å²) in [6.45, 7) is 13.4. The lowest BCUT2D eigenvalue weighted by Gasteiger charge is -2.08. The molecule has 19 heavy (non-hydrogen) atoms. The average molecular weight is 255 g/mol. The van der Waals surface area contributed by atoms with E-state index in [0.29, 0.717) is 12.2 Å². The third-order valence-corrected chi connectivity index (χ3v) is 2.29. The highest BCUT2D eigenvalue weighted by atomic mass is 16.5. The Labute approximate surface area is 116 Å². The van der Waals surface area contributed by atoms with Gasteiger partial charge in [-0.1, -0.05) is 31.4 Å². The first-order valence-corrected chi connectivity index (χ1v) is 6.07. The van der Waals surface area contributed by atoms with Gasteiger partial charge >= 0.3 is 0 Å². The maximum absolute atomic E-state index is 8.78. The molecule has 0 aliphatic heterocycles. The molecule has 0 heterocycles. The van der Waals surface area contributed by atoms with E-state index < -0.39 is 0 Å². The molecule has 2 nitrogen and oxygen atoms in total. The SMILES string of the molecule is C=C/C=C(\C=C(/C)C#N)COC(/C=C(/C)C=C)=C/C. The van der Waals surface area contributed by atoms with E-state index in [2.05, 4.69) is 19.2 Å². The Morgan fingerprint density at radius 1 is 1.26 bits per heavy atom. The van der Waals surface area contributed by atoms with Crippen LogP contribution >= 0.6 is 0 Å². The zero-order chi connectivity index (χ0) is 14.7. The molecular weight excluding hydrogens is 234 g/mol. The monoisotopic (exact) mass is 255 g/mol. The van der Waals surface area contributed by atoms with Crippen molar-refractivity contribution in [2.75, 3.05) is 6.61 Å². The molecule has 0 rings (SSSR count). The number of ether oxygens (including phenoxy) is 1. The van der Waals surface area contributed by atoms with Gasteiger partial charge in [0.15, 0.2) is 0 Å². The van der Waals surface area contributed by atoms with Crippen LogP contribution in [0.4, 0.5) is 0 Å². The second kappa shape index (κ2) is 9.73. The third kappa shape index (κ3) is 7.62. The van der Waals surface area contributed by atoms with E-state index in [0.717, 1.165) is 16.9 Å². The standard InChI is InChI=1S/C17H21NO/c1-6-9-16(10-15(5)12-18)13-19-17(8-3)11-14(4)7-2/h6-11H,1-2,13H2,3-5H3/b14-11-,15-10+,16-9+,17-8+. The Bertz CT molecular complexity index is 482. The second-order valence-corrected chi connectivity index (χ2v) is 3.99. The molecule has 0 spiro atoms. The number of rotatable bonds is 7. The first kappa shape index (κ1) is 16.7. The highest BCUT2D eigenvalue weighted by Crippen LogP contribution is 2.10. The molecule has 0 aromatic heterocycles. The van der Waals surface area contributed by atoms with Gasteiger partial charge in [-0.3, -0.25) is 0 Å². The van der Waals surface area contributed by atoms with Crippen LogP contribution in [0, 0.1) is 11.3 Å². The second-order valence-electron chi connectivity index (χ2n) is 3.99. The first-order chi connectivity index (χ1) is 9.07. The van der Waals surface area contributed by atoms with Crippen molar-refractivity contribution in [1.82, 2.24) is 0 Å². The number of nitriles is 1. The molecule has 0 aliphatic carbocycles. The molecule has 2 heteroatoms. The minimum atomic E-state index is 0.394. The quantitative estimate of drug-likeness (QED) is 0.378. The molecule has 0 aromatic rings. The molecular formula is C17H21NO. The van der Waals surface area contributed by atoms with Gasteiger partial charge < -0.3 is 4.74 Å². The van der Waals surface area contributed by atoms with Gasteiger partial charge in [0, 0.05) is 5.57 Å². The minimum absolute atomic E-state index is 0.394. The van der Waals surface area contributed by atoms with Crippen molar-refractivity contribution >= 4 is 0 Å². The molecule has 0 N–H and O–H groups in total. The zero-order valence-corrected chi connectivity index (χ0v) is 11.9. The predicted octanol–water partition coefficient (Wildman–Crippen LogP) is 4.62. The summed E-state index contributed by atoms with van der Waals surface area (Å²) in [6, 6.07) is 2.09. The lowest BCUT2D eigenvalue weighted by atomic mass is 10.2. The van der Waals surface area contributed by atoms with Gasteiger partial charge in [0.2, 0.25) is 0 Å². The van der Waals surface area contributed by atoms with E-state index in [-0.39, 0.29) is 0 Å². The van der Waals surface area contributed by atoms with E-state index in [4.69, 9.17) is 10.00 Å². The molecule has 0 amide bonds. The van der Waals surface area contributed by atoms with Crippen LogP contribution in [-0.2, 0) is 4.74 Å². The van der Waals surface area contributed by atoms with Crippen LogP contribution in [0.15, 0.2) is 72.1 Å². The number of hydrogen-bond donors (Lipinski definition) is 0. The van der Waals surface area contributed by atoms with Crippen LogP contribution in [0.5, 0.6) is 0 Å². The number of hydrogen-bond acceptors (Lipinski definition) is 2. The maximum Gasteiger partial charge on any atom is 0.115 e. The van der Waals surface area contributed by atoms with Crippen molar-refractivity contribution in [2.24, 2.45) is 0 Å². The van der Waals surface area contributed by atoms with E-state index in [9.17, 15) is 0 Å². The molecule has 0 atom stereocenters. The van der Waals surface area contributed by atoms with E-state index in [1.165, 1.54) is 0 Å². The van der Waals surface area contributed by atoms with E-state index >= 15 is 0 Å². The van der Waals surface area contributed by atoms with Crippen LogP contribution in [0.3, 0.4) is 0 Å². The average Bonchev–Trinajstić information content (AvgIpc) is 2.42. The summed E-state index contributed by atoms with van der Waals surface area (Å²) in [5.41, 5.74) is 2.57. The fourth-order valence-electron chi connectivity index (χ4n) is 1.26. The molecule has 0 saturated heterocycles. The summed E-state index contributed by atoms with van der Waals surface area (Å²) in [5.74, 6) is 0.773. The Balaban J connectivity index is 4.84. The molecule has 100 valence electrons. The van der Waals surface area contributed by atoms with Gasteiger partial charge in [0.05, 0.1) is 6.07 Å². The third-order valence-electron chi connectivity index (χ3n) is 2.29. The van der Waals surface area contributed by atoms with E-state index in [1.807, 2.05) is 32.1 Å². The summed E-state index contributed by atoms with van der Waals surface area (Å²) in [5, 5.41) is 8.78. The number of allylic oxidation sites excluding steroid dienone is 7. The van der Waals surface area contributed by atoms with E-state index in [1.54, 1.807) is 25.2 Å². The van der Waals surface area contributed by atoms with Crippen molar-refractivity contribution in [3.8, 4) is 6.07 Å². The topological polar surface area (TPSA) is 33.0 Å². The summed E-state index contributed by atoms with van der Waals surface area (Å²) < 4.78 is 5.69. The predicted molar refractivity (Wildman–Crippen MR) is 81.3 cm³/mol. The minimum Gasteiger partial charge on any atom is -0.489 e. The van der Waals surface area contributed by atoms with Gasteiger partial charge in [-0.15, -0.1) is 0 Å². The van der Waals surface area contributed by atoms with Gasteiger partial charge in [-0.25, -0.2) is 0 Å². The smallest absolute Gasteiger partial charge is 0.115 e. The highest BCUT2D eigenvalue weighted by Gasteiger charge is 1.98. The maximum atomic E-state index is 8.78. The molecule has 0 radical (unpaired) electrons. The lowest BCUT2D eigenvalue weighted by molar-refractivity contribution is 0.255. The highest BCUT2D eigenvalue weighted by molar-refractivity contribution is 5.33. The molecule has 0 aromatic carbocycles. The van der Waals surface area contributed by atoms with Crippen LogP contribution in [0.25, 0.3) is 0 Å². The molecule has 0 saturated carbocycles. The Hall–Kier alpha value is -2.27. The molecule has 0 fully saturated rings. The van der Waals surface area contributed by atoms with Crippen molar-refractivity contribution in [2.45, 2.75) is 20.8 Å². The fourth-order valence-corrected chi connectivity index (χ4v) is 1.26. The summed E-state index contributed by atoms with van der Waals surface area (Å²) >= 11 is 0. The van der Waals surface area contributed by atoms with Gasteiger partial charge in [0.25, 0.3) is 0 Å². The van der Waals surface area contributed by atoms with Crippen molar-refractivity contribution < 1.29 is 4.74 Å². The van der Waals surface area contributed by atoms with Crippen LogP contribution in [0.2, 0.25) is 0 Å². The van der Waals surface area contributed by atoms with Crippen molar-refractivity contribution in [3.63, 3.8) is 0 Å². The molecule has 0 aliphatic rings.